The Hall–Kier alpha value is -1.50. The van der Waals surface area contributed by atoms with E-state index in [-0.39, 0.29) is 0 Å². The van der Waals surface area contributed by atoms with Crippen LogP contribution in [-0.2, 0) is 9.47 Å². The van der Waals surface area contributed by atoms with Gasteiger partial charge in [-0.2, -0.15) is 0 Å². The van der Waals surface area contributed by atoms with Crippen molar-refractivity contribution in [1.82, 2.24) is 0 Å². The first kappa shape index (κ1) is 13.6. The van der Waals surface area contributed by atoms with Crippen molar-refractivity contribution in [3.05, 3.63) is 29.8 Å². The topological polar surface area (TPSA) is 27.7 Å². The molecule has 0 aliphatic carbocycles. The van der Waals surface area contributed by atoms with Crippen molar-refractivity contribution in [3.63, 3.8) is 0 Å². The minimum Gasteiger partial charge on any atom is -0.491 e. The first-order valence-corrected chi connectivity index (χ1v) is 5.71. The van der Waals surface area contributed by atoms with E-state index in [1.807, 2.05) is 31.2 Å². The molecule has 17 heavy (non-hydrogen) atoms. The highest BCUT2D eigenvalue weighted by Crippen LogP contribution is 2.12. The third-order valence-electron chi connectivity index (χ3n) is 2.07. The molecule has 0 heterocycles. The lowest BCUT2D eigenvalue weighted by atomic mass is 10.2. The van der Waals surface area contributed by atoms with E-state index in [0.717, 1.165) is 17.9 Å². The van der Waals surface area contributed by atoms with Crippen molar-refractivity contribution in [2.75, 3.05) is 33.0 Å². The second-order valence-electron chi connectivity index (χ2n) is 3.33. The zero-order valence-corrected chi connectivity index (χ0v) is 10.1. The summed E-state index contributed by atoms with van der Waals surface area (Å²) in [7, 11) is 0. The molecule has 0 fully saturated rings. The Labute approximate surface area is 103 Å². The second kappa shape index (κ2) is 8.63. The highest BCUT2D eigenvalue weighted by molar-refractivity contribution is 5.38. The lowest BCUT2D eigenvalue weighted by Crippen LogP contribution is -2.10. The fraction of sp³-hybridized carbons (Fsp3) is 0.429. The predicted molar refractivity (Wildman–Crippen MR) is 67.2 cm³/mol. The molecule has 1 aromatic rings. The summed E-state index contributed by atoms with van der Waals surface area (Å²) in [6.07, 6.45) is 5.30. The van der Waals surface area contributed by atoms with E-state index in [4.69, 9.17) is 20.6 Å². The van der Waals surface area contributed by atoms with Gasteiger partial charge in [-0.25, -0.2) is 0 Å². The van der Waals surface area contributed by atoms with Crippen LogP contribution in [0.4, 0.5) is 0 Å². The van der Waals surface area contributed by atoms with E-state index in [9.17, 15) is 0 Å². The Balaban J connectivity index is 2.12. The van der Waals surface area contributed by atoms with Gasteiger partial charge in [-0.15, -0.1) is 6.42 Å². The van der Waals surface area contributed by atoms with Gasteiger partial charge in [0.15, 0.2) is 0 Å². The van der Waals surface area contributed by atoms with Crippen LogP contribution in [0.2, 0.25) is 0 Å². The van der Waals surface area contributed by atoms with Crippen molar-refractivity contribution in [3.8, 4) is 18.1 Å². The van der Waals surface area contributed by atoms with Gasteiger partial charge in [0, 0.05) is 12.2 Å². The third-order valence-corrected chi connectivity index (χ3v) is 2.07. The van der Waals surface area contributed by atoms with Crippen molar-refractivity contribution >= 4 is 0 Å². The van der Waals surface area contributed by atoms with E-state index in [0.29, 0.717) is 26.4 Å². The fourth-order valence-electron chi connectivity index (χ4n) is 1.26. The Morgan fingerprint density at radius 1 is 1.12 bits per heavy atom. The largest absolute Gasteiger partial charge is 0.491 e. The summed E-state index contributed by atoms with van der Waals surface area (Å²) >= 11 is 0. The number of hydrogen-bond acceptors (Lipinski definition) is 3. The van der Waals surface area contributed by atoms with Crippen LogP contribution in [0.5, 0.6) is 5.75 Å². The van der Waals surface area contributed by atoms with Crippen LogP contribution in [-0.4, -0.2) is 33.0 Å². The van der Waals surface area contributed by atoms with Gasteiger partial charge in [-0.1, -0.05) is 12.0 Å². The molecule has 3 nitrogen and oxygen atoms in total. The summed E-state index contributed by atoms with van der Waals surface area (Å²) in [5.41, 5.74) is 0.819. The van der Waals surface area contributed by atoms with Gasteiger partial charge in [-0.3, -0.25) is 0 Å². The lowest BCUT2D eigenvalue weighted by molar-refractivity contribution is 0.0405. The standard InChI is InChI=1S/C14H18O3/c1-3-13-6-5-7-14(12-13)17-11-10-16-9-8-15-4-2/h1,5-7,12H,4,8-11H2,2H3. The molecule has 0 radical (unpaired) electrons. The third kappa shape index (κ3) is 5.96. The quantitative estimate of drug-likeness (QED) is 0.509. The summed E-state index contributed by atoms with van der Waals surface area (Å²) < 4.78 is 16.0. The van der Waals surface area contributed by atoms with E-state index < -0.39 is 0 Å². The number of rotatable bonds is 8. The summed E-state index contributed by atoms with van der Waals surface area (Å²) in [5.74, 6) is 3.34. The summed E-state index contributed by atoms with van der Waals surface area (Å²) in [4.78, 5) is 0. The normalized spacial score (nSPS) is 9.88. The first-order chi connectivity index (χ1) is 8.36. The summed E-state index contributed by atoms with van der Waals surface area (Å²) in [6, 6.07) is 7.45. The molecule has 0 saturated carbocycles. The van der Waals surface area contributed by atoms with Gasteiger partial charge in [0.05, 0.1) is 19.8 Å². The molecule has 0 amide bonds. The average molecular weight is 234 g/mol. The molecule has 92 valence electrons. The number of terminal acetylenes is 1. The summed E-state index contributed by atoms with van der Waals surface area (Å²) in [5, 5.41) is 0. The number of hydrogen-bond donors (Lipinski definition) is 0. The van der Waals surface area contributed by atoms with Crippen molar-refractivity contribution in [2.45, 2.75) is 6.92 Å². The average Bonchev–Trinajstić information content (AvgIpc) is 2.38. The smallest absolute Gasteiger partial charge is 0.120 e. The molecule has 0 spiro atoms. The Morgan fingerprint density at radius 2 is 1.88 bits per heavy atom. The summed E-state index contributed by atoms with van der Waals surface area (Å²) in [6.45, 7) is 4.97. The van der Waals surface area contributed by atoms with Crippen LogP contribution in [0.15, 0.2) is 24.3 Å². The van der Waals surface area contributed by atoms with Crippen LogP contribution in [0, 0.1) is 12.3 Å². The highest BCUT2D eigenvalue weighted by Gasteiger charge is 1.95. The van der Waals surface area contributed by atoms with Crippen LogP contribution >= 0.6 is 0 Å². The SMILES string of the molecule is C#Cc1cccc(OCCOCCOCC)c1. The molecule has 0 aromatic heterocycles. The van der Waals surface area contributed by atoms with E-state index >= 15 is 0 Å². The monoisotopic (exact) mass is 234 g/mol. The molecule has 0 bridgehead atoms. The van der Waals surface area contributed by atoms with Crippen LogP contribution in [0.25, 0.3) is 0 Å². The molecule has 0 saturated heterocycles. The van der Waals surface area contributed by atoms with Crippen LogP contribution in [0.3, 0.4) is 0 Å². The van der Waals surface area contributed by atoms with Crippen molar-refractivity contribution in [1.29, 1.82) is 0 Å². The first-order valence-electron chi connectivity index (χ1n) is 5.71. The molecule has 0 aliphatic rings. The predicted octanol–water partition coefficient (Wildman–Crippen LogP) is 2.10. The molecule has 0 aliphatic heterocycles. The van der Waals surface area contributed by atoms with E-state index in [1.54, 1.807) is 0 Å². The molecule has 3 heteroatoms. The molecular weight excluding hydrogens is 216 g/mol. The van der Waals surface area contributed by atoms with Crippen LogP contribution < -0.4 is 4.74 Å². The number of benzene rings is 1. The van der Waals surface area contributed by atoms with Gasteiger partial charge in [-0.05, 0) is 25.1 Å². The molecule has 0 N–H and O–H groups in total. The minimum atomic E-state index is 0.514. The minimum absolute atomic E-state index is 0.514. The lowest BCUT2D eigenvalue weighted by Gasteiger charge is -2.07. The van der Waals surface area contributed by atoms with Gasteiger partial charge >= 0.3 is 0 Å². The Kier molecular flexibility index (Phi) is 6.89. The molecular formula is C14H18O3. The van der Waals surface area contributed by atoms with Gasteiger partial charge < -0.3 is 14.2 Å². The highest BCUT2D eigenvalue weighted by atomic mass is 16.5. The van der Waals surface area contributed by atoms with Crippen molar-refractivity contribution in [2.24, 2.45) is 0 Å². The van der Waals surface area contributed by atoms with Gasteiger partial charge in [0.2, 0.25) is 0 Å². The van der Waals surface area contributed by atoms with E-state index in [2.05, 4.69) is 5.92 Å². The zero-order chi connectivity index (χ0) is 12.3. The molecule has 1 rings (SSSR count). The fourth-order valence-corrected chi connectivity index (χ4v) is 1.26. The van der Waals surface area contributed by atoms with Gasteiger partial charge in [0.1, 0.15) is 12.4 Å². The Bertz CT molecular complexity index is 355. The molecule has 0 unspecified atom stereocenters. The maximum Gasteiger partial charge on any atom is 0.120 e. The zero-order valence-electron chi connectivity index (χ0n) is 10.1. The van der Waals surface area contributed by atoms with E-state index in [1.165, 1.54) is 0 Å². The van der Waals surface area contributed by atoms with Gasteiger partial charge in [0.25, 0.3) is 0 Å². The number of ether oxygens (including phenoxy) is 3. The van der Waals surface area contributed by atoms with Crippen molar-refractivity contribution < 1.29 is 14.2 Å². The molecule has 0 atom stereocenters. The maximum absolute atomic E-state index is 5.49. The second-order valence-corrected chi connectivity index (χ2v) is 3.33. The molecule has 1 aromatic carbocycles. The maximum atomic E-state index is 5.49. The van der Waals surface area contributed by atoms with Crippen LogP contribution in [0.1, 0.15) is 12.5 Å². The Morgan fingerprint density at radius 3 is 2.65 bits per heavy atom.